The minimum absolute atomic E-state index is 0.522. The summed E-state index contributed by atoms with van der Waals surface area (Å²) >= 11 is 0. The van der Waals surface area contributed by atoms with Gasteiger partial charge in [-0.1, -0.05) is 48.5 Å². The van der Waals surface area contributed by atoms with Crippen LogP contribution in [0.25, 0.3) is 21.5 Å². The van der Waals surface area contributed by atoms with E-state index in [1.54, 1.807) is 0 Å². The van der Waals surface area contributed by atoms with Gasteiger partial charge in [-0.25, -0.2) is 0 Å². The quantitative estimate of drug-likeness (QED) is 0.373. The molecule has 0 heterocycles. The predicted molar refractivity (Wildman–Crippen MR) is 67.9 cm³/mol. The standard InChI is InChI=1S/C14H9NO2/c16-15-17-14-12-7-3-1-5-10(12)9-11-6-2-4-8-13(11)14/h1-9H. The summed E-state index contributed by atoms with van der Waals surface area (Å²) in [4.78, 5) is 15.3. The molecule has 0 fully saturated rings. The first-order valence-electron chi connectivity index (χ1n) is 5.30. The highest BCUT2D eigenvalue weighted by Crippen LogP contribution is 2.34. The molecule has 0 spiro atoms. The molecule has 3 heteroatoms. The van der Waals surface area contributed by atoms with Crippen LogP contribution in [-0.4, -0.2) is 0 Å². The van der Waals surface area contributed by atoms with E-state index in [2.05, 4.69) is 11.4 Å². The van der Waals surface area contributed by atoms with Gasteiger partial charge in [-0.3, -0.25) is 0 Å². The summed E-state index contributed by atoms with van der Waals surface area (Å²) in [6.45, 7) is 0. The minimum atomic E-state index is 0.522. The Morgan fingerprint density at radius 2 is 1.35 bits per heavy atom. The molecule has 3 aromatic rings. The molecule has 3 nitrogen and oxygen atoms in total. The molecule has 0 aliphatic rings. The van der Waals surface area contributed by atoms with Crippen LogP contribution in [0, 0.1) is 4.91 Å². The number of hydrogen-bond donors (Lipinski definition) is 0. The largest absolute Gasteiger partial charge is 0.323 e. The summed E-state index contributed by atoms with van der Waals surface area (Å²) in [6, 6.07) is 17.6. The maximum atomic E-state index is 10.4. The summed E-state index contributed by atoms with van der Waals surface area (Å²) < 4.78 is 0. The molecular weight excluding hydrogens is 214 g/mol. The highest BCUT2D eigenvalue weighted by atomic mass is 16.7. The average molecular weight is 223 g/mol. The lowest BCUT2D eigenvalue weighted by molar-refractivity contribution is 0.343. The van der Waals surface area contributed by atoms with E-state index in [0.717, 1.165) is 21.5 Å². The lowest BCUT2D eigenvalue weighted by atomic mass is 10.0. The first-order chi connectivity index (χ1) is 8.40. The Kier molecular flexibility index (Phi) is 2.22. The average Bonchev–Trinajstić information content (AvgIpc) is 2.39. The van der Waals surface area contributed by atoms with Crippen molar-refractivity contribution in [3.05, 3.63) is 59.5 Å². The summed E-state index contributed by atoms with van der Waals surface area (Å²) in [5.74, 6) is 0.522. The topological polar surface area (TPSA) is 38.7 Å². The minimum Gasteiger partial charge on any atom is -0.323 e. The van der Waals surface area contributed by atoms with Crippen LogP contribution in [0.4, 0.5) is 0 Å². The summed E-state index contributed by atoms with van der Waals surface area (Å²) in [5.41, 5.74) is 0. The Hall–Kier alpha value is -2.42. The van der Waals surface area contributed by atoms with Crippen molar-refractivity contribution >= 4 is 21.5 Å². The number of fused-ring (bicyclic) bond motifs is 2. The van der Waals surface area contributed by atoms with Crippen molar-refractivity contribution in [2.75, 3.05) is 0 Å². The van der Waals surface area contributed by atoms with E-state index in [9.17, 15) is 4.91 Å². The number of benzene rings is 3. The van der Waals surface area contributed by atoms with Gasteiger partial charge in [0.25, 0.3) is 0 Å². The molecule has 0 saturated heterocycles. The van der Waals surface area contributed by atoms with E-state index >= 15 is 0 Å². The van der Waals surface area contributed by atoms with Gasteiger partial charge in [0.2, 0.25) is 0 Å². The smallest absolute Gasteiger partial charge is 0.177 e. The van der Waals surface area contributed by atoms with E-state index in [-0.39, 0.29) is 0 Å². The van der Waals surface area contributed by atoms with Gasteiger partial charge in [-0.2, -0.15) is 0 Å². The molecule has 0 aliphatic carbocycles. The van der Waals surface area contributed by atoms with Gasteiger partial charge in [0, 0.05) is 10.8 Å². The van der Waals surface area contributed by atoms with Crippen molar-refractivity contribution in [2.45, 2.75) is 0 Å². The molecule has 3 aromatic carbocycles. The number of nitrogens with zero attached hydrogens (tertiary/aromatic N) is 1. The molecule has 0 saturated carbocycles. The van der Waals surface area contributed by atoms with E-state index < -0.39 is 0 Å². The Morgan fingerprint density at radius 1 is 0.824 bits per heavy atom. The second-order valence-corrected chi connectivity index (χ2v) is 3.81. The Labute approximate surface area is 97.6 Å². The third-order valence-corrected chi connectivity index (χ3v) is 2.85. The number of hydrogen-bond acceptors (Lipinski definition) is 3. The Bertz CT molecular complexity index is 653. The molecule has 0 N–H and O–H groups in total. The maximum absolute atomic E-state index is 10.4. The lowest BCUT2D eigenvalue weighted by Gasteiger charge is -2.07. The second kappa shape index (κ2) is 3.87. The monoisotopic (exact) mass is 223 g/mol. The molecule has 0 radical (unpaired) electrons. The molecule has 0 amide bonds. The molecule has 0 unspecified atom stereocenters. The molecule has 0 atom stereocenters. The highest BCUT2D eigenvalue weighted by molar-refractivity contribution is 6.05. The second-order valence-electron chi connectivity index (χ2n) is 3.81. The van der Waals surface area contributed by atoms with E-state index in [1.165, 1.54) is 0 Å². The number of rotatable bonds is 2. The third kappa shape index (κ3) is 1.52. The van der Waals surface area contributed by atoms with Crippen molar-refractivity contribution in [1.82, 2.24) is 0 Å². The Morgan fingerprint density at radius 3 is 1.88 bits per heavy atom. The van der Waals surface area contributed by atoms with Crippen LogP contribution in [-0.2, 0) is 0 Å². The van der Waals surface area contributed by atoms with Crippen molar-refractivity contribution in [3.63, 3.8) is 0 Å². The van der Waals surface area contributed by atoms with Gasteiger partial charge in [0.1, 0.15) is 0 Å². The van der Waals surface area contributed by atoms with Crippen LogP contribution in [0.1, 0.15) is 0 Å². The predicted octanol–water partition coefficient (Wildman–Crippen LogP) is 4.05. The van der Waals surface area contributed by atoms with Crippen LogP contribution < -0.4 is 4.84 Å². The van der Waals surface area contributed by atoms with E-state index in [4.69, 9.17) is 4.84 Å². The first-order valence-corrected chi connectivity index (χ1v) is 5.30. The molecular formula is C14H9NO2. The fraction of sp³-hybridized carbons (Fsp3) is 0. The molecule has 3 rings (SSSR count). The van der Waals surface area contributed by atoms with Crippen molar-refractivity contribution in [1.29, 1.82) is 0 Å². The molecule has 82 valence electrons. The van der Waals surface area contributed by atoms with Crippen LogP contribution in [0.2, 0.25) is 0 Å². The first kappa shape index (κ1) is 9.78. The molecule has 17 heavy (non-hydrogen) atoms. The fourth-order valence-electron chi connectivity index (χ4n) is 2.11. The third-order valence-electron chi connectivity index (χ3n) is 2.85. The maximum Gasteiger partial charge on any atom is 0.177 e. The lowest BCUT2D eigenvalue weighted by Crippen LogP contribution is -1.86. The highest BCUT2D eigenvalue weighted by Gasteiger charge is 2.08. The van der Waals surface area contributed by atoms with Gasteiger partial charge in [0.05, 0.1) is 0 Å². The zero-order valence-electron chi connectivity index (χ0n) is 8.96. The molecule has 0 aliphatic heterocycles. The van der Waals surface area contributed by atoms with Crippen molar-refractivity contribution in [2.24, 2.45) is 5.34 Å². The van der Waals surface area contributed by atoms with Gasteiger partial charge in [-0.15, -0.1) is 4.91 Å². The van der Waals surface area contributed by atoms with Crippen molar-refractivity contribution in [3.8, 4) is 5.75 Å². The van der Waals surface area contributed by atoms with Crippen LogP contribution >= 0.6 is 0 Å². The zero-order chi connectivity index (χ0) is 11.7. The van der Waals surface area contributed by atoms with Gasteiger partial charge < -0.3 is 4.84 Å². The SMILES string of the molecule is O=NOc1c2ccccc2cc2ccccc12. The fourth-order valence-corrected chi connectivity index (χ4v) is 2.11. The molecule has 0 aromatic heterocycles. The van der Waals surface area contributed by atoms with Gasteiger partial charge in [-0.05, 0) is 16.8 Å². The summed E-state index contributed by atoms with van der Waals surface area (Å²) in [7, 11) is 0. The van der Waals surface area contributed by atoms with E-state index in [1.807, 2.05) is 48.5 Å². The van der Waals surface area contributed by atoms with Gasteiger partial charge in [0.15, 0.2) is 11.1 Å². The van der Waals surface area contributed by atoms with Crippen LogP contribution in [0.15, 0.2) is 59.9 Å². The van der Waals surface area contributed by atoms with Gasteiger partial charge >= 0.3 is 0 Å². The Balaban J connectivity index is 2.51. The normalized spacial score (nSPS) is 10.6. The van der Waals surface area contributed by atoms with Crippen LogP contribution in [0.3, 0.4) is 0 Å². The molecule has 0 bridgehead atoms. The van der Waals surface area contributed by atoms with Crippen molar-refractivity contribution < 1.29 is 4.84 Å². The van der Waals surface area contributed by atoms with Crippen LogP contribution in [0.5, 0.6) is 5.75 Å². The van der Waals surface area contributed by atoms with E-state index in [0.29, 0.717) is 5.75 Å². The summed E-state index contributed by atoms with van der Waals surface area (Å²) in [6.07, 6.45) is 0. The summed E-state index contributed by atoms with van der Waals surface area (Å²) in [5, 5.41) is 6.41. The zero-order valence-corrected chi connectivity index (χ0v) is 8.96.